The molecule has 0 radical (unpaired) electrons. The van der Waals surface area contributed by atoms with Gasteiger partial charge >= 0.3 is 11.9 Å². The number of aliphatic carboxylic acids is 2. The van der Waals surface area contributed by atoms with Crippen molar-refractivity contribution < 1.29 is 48.9 Å². The molecule has 1 heterocycles. The smallest absolute Gasteiger partial charge is 0.326 e. The lowest BCUT2D eigenvalue weighted by Gasteiger charge is -2.29. The Kier molecular flexibility index (Phi) is 17.8. The Labute approximate surface area is 277 Å². The number of nitrogens with zero attached hydrogens (tertiary/aromatic N) is 1. The Morgan fingerprint density at radius 1 is 0.771 bits per heavy atom. The highest BCUT2D eigenvalue weighted by Gasteiger charge is 2.35. The van der Waals surface area contributed by atoms with Gasteiger partial charge in [0.15, 0.2) is 0 Å². The molecule has 1 aromatic rings. The van der Waals surface area contributed by atoms with Crippen LogP contribution in [0.25, 0.3) is 0 Å². The Hall–Kier alpha value is -4.62. The van der Waals surface area contributed by atoms with Crippen LogP contribution in [0, 0.1) is 5.92 Å². The molecular formula is C29H49N9O10. The molecule has 48 heavy (non-hydrogen) atoms. The van der Waals surface area contributed by atoms with Crippen molar-refractivity contribution in [3.05, 3.63) is 18.2 Å². The lowest BCUT2D eigenvalue weighted by molar-refractivity contribution is -0.143. The van der Waals surface area contributed by atoms with Crippen molar-refractivity contribution in [2.24, 2.45) is 17.4 Å². The summed E-state index contributed by atoms with van der Waals surface area (Å²) in [5, 5.41) is 41.1. The number of imidazole rings is 1. The van der Waals surface area contributed by atoms with Crippen molar-refractivity contribution in [2.75, 3.05) is 6.54 Å². The first-order valence-corrected chi connectivity index (χ1v) is 15.6. The highest BCUT2D eigenvalue weighted by Crippen LogP contribution is 2.09. The average molecular weight is 684 g/mol. The van der Waals surface area contributed by atoms with E-state index in [0.29, 0.717) is 25.1 Å². The number of hydrogen-bond donors (Lipinski definition) is 11. The molecule has 1 aromatic heterocycles. The number of H-pyrrole nitrogens is 1. The van der Waals surface area contributed by atoms with E-state index in [1.807, 2.05) is 0 Å². The van der Waals surface area contributed by atoms with E-state index in [1.165, 1.54) is 26.4 Å². The van der Waals surface area contributed by atoms with Gasteiger partial charge in [-0.15, -0.1) is 0 Å². The first-order valence-electron chi connectivity index (χ1n) is 15.6. The van der Waals surface area contributed by atoms with Crippen molar-refractivity contribution in [1.82, 2.24) is 36.6 Å². The Morgan fingerprint density at radius 2 is 1.33 bits per heavy atom. The van der Waals surface area contributed by atoms with Crippen LogP contribution in [0.1, 0.15) is 65.5 Å². The number of carboxylic acids is 2. The van der Waals surface area contributed by atoms with Crippen LogP contribution in [0.4, 0.5) is 0 Å². The highest BCUT2D eigenvalue weighted by atomic mass is 16.4. The van der Waals surface area contributed by atoms with Crippen molar-refractivity contribution in [3.8, 4) is 0 Å². The lowest BCUT2D eigenvalue weighted by Crippen LogP contribution is -2.62. The van der Waals surface area contributed by atoms with Crippen LogP contribution in [0.5, 0.6) is 0 Å². The largest absolute Gasteiger partial charge is 0.481 e. The van der Waals surface area contributed by atoms with E-state index >= 15 is 0 Å². The number of rotatable bonds is 22. The summed E-state index contributed by atoms with van der Waals surface area (Å²) in [7, 11) is 0. The van der Waals surface area contributed by atoms with Gasteiger partial charge in [0.05, 0.1) is 18.5 Å². The zero-order valence-electron chi connectivity index (χ0n) is 27.5. The van der Waals surface area contributed by atoms with Gasteiger partial charge in [-0.2, -0.15) is 0 Å². The number of aromatic nitrogens is 2. The predicted octanol–water partition coefficient (Wildman–Crippen LogP) is -3.16. The highest BCUT2D eigenvalue weighted by molar-refractivity contribution is 5.96. The van der Waals surface area contributed by atoms with Gasteiger partial charge < -0.3 is 58.4 Å². The SMILES string of the molecule is CC(C)[C@H](NC(=O)[C@@H](NC(=O)[C@H](Cc1cnc[nH]1)NC(=O)[C@H](C)N)[C@@H](C)O)C(=O)N[C@@H](CCC(=O)O)C(=O)N[C@@H](CCCCN)C(=O)O. The Morgan fingerprint density at radius 3 is 1.83 bits per heavy atom. The number of nitrogens with one attached hydrogen (secondary N) is 6. The molecule has 0 aliphatic rings. The summed E-state index contributed by atoms with van der Waals surface area (Å²) in [6.45, 7) is 6.07. The van der Waals surface area contributed by atoms with Crippen molar-refractivity contribution in [3.63, 3.8) is 0 Å². The molecule has 0 unspecified atom stereocenters. The van der Waals surface area contributed by atoms with Crippen molar-refractivity contribution in [1.29, 1.82) is 0 Å². The Balaban J connectivity index is 3.15. The van der Waals surface area contributed by atoms with E-state index in [1.54, 1.807) is 13.8 Å². The van der Waals surface area contributed by atoms with Gasteiger partial charge in [-0.05, 0) is 52.0 Å². The molecule has 0 spiro atoms. The summed E-state index contributed by atoms with van der Waals surface area (Å²) in [4.78, 5) is 95.0. The molecule has 0 aliphatic carbocycles. The predicted molar refractivity (Wildman–Crippen MR) is 170 cm³/mol. The van der Waals surface area contributed by atoms with Gasteiger partial charge in [-0.25, -0.2) is 9.78 Å². The van der Waals surface area contributed by atoms with Crippen LogP contribution in [0.15, 0.2) is 12.5 Å². The molecule has 7 atom stereocenters. The number of aromatic amines is 1. The van der Waals surface area contributed by atoms with Crippen LogP contribution in [0.2, 0.25) is 0 Å². The van der Waals surface area contributed by atoms with Crippen LogP contribution in [-0.4, -0.2) is 116 Å². The average Bonchev–Trinajstić information content (AvgIpc) is 3.52. The minimum absolute atomic E-state index is 0.0483. The molecule has 0 bridgehead atoms. The molecule has 0 aliphatic heterocycles. The molecule has 13 N–H and O–H groups in total. The maximum Gasteiger partial charge on any atom is 0.326 e. The first kappa shape index (κ1) is 41.4. The number of carbonyl (C=O) groups excluding carboxylic acids is 5. The van der Waals surface area contributed by atoms with Crippen LogP contribution < -0.4 is 38.1 Å². The van der Waals surface area contributed by atoms with Gasteiger partial charge in [0, 0.05) is 24.7 Å². The maximum absolute atomic E-state index is 13.4. The van der Waals surface area contributed by atoms with E-state index in [9.17, 15) is 48.9 Å². The molecule has 0 saturated heterocycles. The summed E-state index contributed by atoms with van der Waals surface area (Å²) < 4.78 is 0. The topological polar surface area (TPSA) is 321 Å². The van der Waals surface area contributed by atoms with Crippen molar-refractivity contribution >= 4 is 41.5 Å². The normalized spacial score (nSPS) is 15.5. The van der Waals surface area contributed by atoms with E-state index in [0.717, 1.165) is 0 Å². The third-order valence-electron chi connectivity index (χ3n) is 7.18. The van der Waals surface area contributed by atoms with Gasteiger partial charge in [-0.1, -0.05) is 13.8 Å². The van der Waals surface area contributed by atoms with Crippen LogP contribution >= 0.6 is 0 Å². The fourth-order valence-electron chi connectivity index (χ4n) is 4.39. The van der Waals surface area contributed by atoms with Gasteiger partial charge in [0.1, 0.15) is 30.2 Å². The quantitative estimate of drug-likeness (QED) is 0.0538. The minimum atomic E-state index is -1.61. The number of nitrogens with two attached hydrogens (primary N) is 2. The summed E-state index contributed by atoms with van der Waals surface area (Å²) >= 11 is 0. The number of hydrogen-bond acceptors (Lipinski definition) is 11. The number of unbranched alkanes of at least 4 members (excludes halogenated alkanes) is 1. The number of aliphatic hydroxyl groups excluding tert-OH is 1. The van der Waals surface area contributed by atoms with E-state index in [-0.39, 0.29) is 12.8 Å². The number of carbonyl (C=O) groups is 7. The second-order valence-corrected chi connectivity index (χ2v) is 11.8. The zero-order valence-corrected chi connectivity index (χ0v) is 27.5. The second kappa shape index (κ2) is 20.6. The summed E-state index contributed by atoms with van der Waals surface area (Å²) in [6.07, 6.45) is 1.26. The molecule has 19 heteroatoms. The maximum atomic E-state index is 13.4. The standard InChI is InChI=1S/C29H49N9O10/c1-14(2)22(27(45)34-18(8-9-21(40)41)25(43)35-19(29(47)48)7-5-6-10-30)37-28(46)23(16(4)39)38-26(44)20(36-24(42)15(3)31)11-17-12-32-13-33-17/h12-16,18-20,22-23,39H,5-11,30-31H2,1-4H3,(H,32,33)(H,34,45)(H,35,43)(H,36,42)(H,37,46)(H,38,44)(H,40,41)(H,47,48)/t15-,16+,18-,19-,20-,22-,23-/m0/s1. The Bertz CT molecular complexity index is 1240. The number of amides is 5. The third-order valence-corrected chi connectivity index (χ3v) is 7.18. The molecular weight excluding hydrogens is 634 g/mol. The molecule has 19 nitrogen and oxygen atoms in total. The zero-order chi connectivity index (χ0) is 36.6. The minimum Gasteiger partial charge on any atom is -0.481 e. The number of carboxylic acid groups (broad SMARTS) is 2. The summed E-state index contributed by atoms with van der Waals surface area (Å²) in [6, 6.07) is -7.96. The first-order chi connectivity index (χ1) is 22.5. The number of aliphatic hydroxyl groups is 1. The molecule has 0 saturated carbocycles. The third kappa shape index (κ3) is 14.4. The second-order valence-electron chi connectivity index (χ2n) is 11.8. The lowest BCUT2D eigenvalue weighted by atomic mass is 10.0. The summed E-state index contributed by atoms with van der Waals surface area (Å²) in [5.41, 5.74) is 11.5. The van der Waals surface area contributed by atoms with E-state index in [2.05, 4.69) is 36.6 Å². The fraction of sp³-hybridized carbons (Fsp3) is 0.655. The fourth-order valence-corrected chi connectivity index (χ4v) is 4.39. The van der Waals surface area contributed by atoms with Crippen LogP contribution in [0.3, 0.4) is 0 Å². The van der Waals surface area contributed by atoms with E-state index < -0.39 is 103 Å². The van der Waals surface area contributed by atoms with Gasteiger partial charge in [-0.3, -0.25) is 28.8 Å². The molecule has 0 aromatic carbocycles. The van der Waals surface area contributed by atoms with Gasteiger partial charge in [0.2, 0.25) is 29.5 Å². The van der Waals surface area contributed by atoms with Crippen molar-refractivity contribution in [2.45, 2.75) is 109 Å². The molecule has 5 amide bonds. The molecule has 0 fully saturated rings. The molecule has 1 rings (SSSR count). The monoisotopic (exact) mass is 683 g/mol. The van der Waals surface area contributed by atoms with E-state index in [4.69, 9.17) is 11.5 Å². The summed E-state index contributed by atoms with van der Waals surface area (Å²) in [5.74, 6) is -7.56. The van der Waals surface area contributed by atoms with Crippen LogP contribution in [-0.2, 0) is 40.0 Å². The van der Waals surface area contributed by atoms with Gasteiger partial charge in [0.25, 0.3) is 0 Å². The molecule has 270 valence electrons.